The fourth-order valence-corrected chi connectivity index (χ4v) is 1.17. The molecule has 1 heterocycles. The highest BCUT2D eigenvalue weighted by molar-refractivity contribution is 5.46. The van der Waals surface area contributed by atoms with Gasteiger partial charge in [-0.1, -0.05) is 0 Å². The highest BCUT2D eigenvalue weighted by Gasteiger charge is 2.12. The maximum Gasteiger partial charge on any atom is 0.0729 e. The van der Waals surface area contributed by atoms with Crippen LogP contribution in [0, 0.1) is 0 Å². The van der Waals surface area contributed by atoms with E-state index in [1.807, 2.05) is 6.92 Å². The van der Waals surface area contributed by atoms with Gasteiger partial charge in [0.1, 0.15) is 0 Å². The number of hydrazine groups is 1. The normalized spacial score (nSPS) is 12.7. The lowest BCUT2D eigenvalue weighted by molar-refractivity contribution is 0.123. The molecule has 0 amide bonds. The third kappa shape index (κ3) is 2.66. The molecule has 78 valence electrons. The van der Waals surface area contributed by atoms with Gasteiger partial charge in [0, 0.05) is 30.3 Å². The fourth-order valence-electron chi connectivity index (χ4n) is 1.17. The van der Waals surface area contributed by atoms with Crippen molar-refractivity contribution in [3.8, 4) is 0 Å². The molecule has 0 saturated heterocycles. The minimum Gasteiger partial charge on any atom is -0.398 e. The molecule has 0 radical (unpaired) electrons. The van der Waals surface area contributed by atoms with Gasteiger partial charge in [-0.3, -0.25) is 16.3 Å². The lowest BCUT2D eigenvalue weighted by Crippen LogP contribution is -2.32. The minimum absolute atomic E-state index is 0.108. The Kier molecular flexibility index (Phi) is 4.31. The summed E-state index contributed by atoms with van der Waals surface area (Å²) in [7, 11) is 0. The first-order valence-electron chi connectivity index (χ1n) is 4.52. The van der Waals surface area contributed by atoms with Crippen LogP contribution in [0.25, 0.3) is 0 Å². The van der Waals surface area contributed by atoms with Crippen molar-refractivity contribution in [2.75, 3.05) is 18.9 Å². The Morgan fingerprint density at radius 3 is 3.00 bits per heavy atom. The van der Waals surface area contributed by atoms with Crippen LogP contribution in [0.5, 0.6) is 0 Å². The largest absolute Gasteiger partial charge is 0.398 e. The Hall–Kier alpha value is -1.17. The zero-order valence-electron chi connectivity index (χ0n) is 8.23. The first-order valence-corrected chi connectivity index (χ1v) is 4.52. The van der Waals surface area contributed by atoms with Crippen LogP contribution in [-0.2, 0) is 4.74 Å². The summed E-state index contributed by atoms with van der Waals surface area (Å²) in [6.45, 7) is 3.07. The van der Waals surface area contributed by atoms with E-state index in [2.05, 4.69) is 10.4 Å². The smallest absolute Gasteiger partial charge is 0.0729 e. The predicted molar refractivity (Wildman–Crippen MR) is 55.2 cm³/mol. The second-order valence-electron chi connectivity index (χ2n) is 2.88. The van der Waals surface area contributed by atoms with Gasteiger partial charge in [-0.2, -0.15) is 0 Å². The summed E-state index contributed by atoms with van der Waals surface area (Å²) >= 11 is 0. The van der Waals surface area contributed by atoms with Gasteiger partial charge in [0.25, 0.3) is 0 Å². The standard InChI is InChI=1S/C9H16N4O/c1-2-14-6-9(13-11)7-5-12-4-3-8(7)10/h3-5,9,13H,2,6,11H2,1H3,(H2,10,12). The molecule has 0 bridgehead atoms. The molecule has 0 aliphatic heterocycles. The van der Waals surface area contributed by atoms with Crippen molar-refractivity contribution in [3.63, 3.8) is 0 Å². The summed E-state index contributed by atoms with van der Waals surface area (Å²) < 4.78 is 5.27. The first-order chi connectivity index (χ1) is 6.79. The highest BCUT2D eigenvalue weighted by Crippen LogP contribution is 2.18. The van der Waals surface area contributed by atoms with Crippen LogP contribution < -0.4 is 17.0 Å². The van der Waals surface area contributed by atoms with Gasteiger partial charge in [0.2, 0.25) is 0 Å². The monoisotopic (exact) mass is 196 g/mol. The van der Waals surface area contributed by atoms with E-state index in [0.29, 0.717) is 18.9 Å². The summed E-state index contributed by atoms with van der Waals surface area (Å²) in [5.74, 6) is 5.40. The molecule has 0 spiro atoms. The lowest BCUT2D eigenvalue weighted by Gasteiger charge is -2.17. The molecule has 1 rings (SSSR count). The average molecular weight is 196 g/mol. The van der Waals surface area contributed by atoms with Crippen LogP contribution in [-0.4, -0.2) is 18.2 Å². The predicted octanol–water partition coefficient (Wildman–Crippen LogP) is 0.205. The minimum atomic E-state index is -0.108. The van der Waals surface area contributed by atoms with E-state index in [0.717, 1.165) is 5.56 Å². The molecule has 1 unspecified atom stereocenters. The molecule has 5 nitrogen and oxygen atoms in total. The second kappa shape index (κ2) is 5.54. The van der Waals surface area contributed by atoms with Crippen molar-refractivity contribution in [1.82, 2.24) is 10.4 Å². The number of hydrogen-bond acceptors (Lipinski definition) is 5. The van der Waals surface area contributed by atoms with Gasteiger partial charge in [-0.25, -0.2) is 0 Å². The maximum absolute atomic E-state index is 5.78. The molecular weight excluding hydrogens is 180 g/mol. The number of rotatable bonds is 5. The number of ether oxygens (including phenoxy) is 1. The topological polar surface area (TPSA) is 86.2 Å². The number of nitrogens with one attached hydrogen (secondary N) is 1. The van der Waals surface area contributed by atoms with E-state index < -0.39 is 0 Å². The van der Waals surface area contributed by atoms with Crippen molar-refractivity contribution < 1.29 is 4.74 Å². The summed E-state index contributed by atoms with van der Waals surface area (Å²) in [5.41, 5.74) is 9.96. The number of nitrogens with two attached hydrogens (primary N) is 2. The molecule has 1 aromatic rings. The third-order valence-corrected chi connectivity index (χ3v) is 1.95. The summed E-state index contributed by atoms with van der Waals surface area (Å²) in [6, 6.07) is 1.63. The van der Waals surface area contributed by atoms with E-state index in [1.165, 1.54) is 0 Å². The van der Waals surface area contributed by atoms with Crippen molar-refractivity contribution in [2.24, 2.45) is 5.84 Å². The van der Waals surface area contributed by atoms with Crippen LogP contribution in [0.4, 0.5) is 5.69 Å². The number of nitrogen functional groups attached to an aromatic ring is 1. The van der Waals surface area contributed by atoms with Crippen LogP contribution in [0.2, 0.25) is 0 Å². The van der Waals surface area contributed by atoms with E-state index in [-0.39, 0.29) is 6.04 Å². The van der Waals surface area contributed by atoms with Crippen molar-refractivity contribution in [2.45, 2.75) is 13.0 Å². The molecule has 5 heteroatoms. The molecule has 0 aliphatic carbocycles. The van der Waals surface area contributed by atoms with E-state index in [1.54, 1.807) is 18.5 Å². The van der Waals surface area contributed by atoms with Crippen LogP contribution in [0.3, 0.4) is 0 Å². The second-order valence-corrected chi connectivity index (χ2v) is 2.88. The van der Waals surface area contributed by atoms with Gasteiger partial charge >= 0.3 is 0 Å². The number of aromatic nitrogens is 1. The molecule has 0 fully saturated rings. The number of pyridine rings is 1. The van der Waals surface area contributed by atoms with Gasteiger partial charge in [-0.05, 0) is 13.0 Å². The molecule has 1 aromatic heterocycles. The number of nitrogens with zero attached hydrogens (tertiary/aromatic N) is 1. The van der Waals surface area contributed by atoms with Crippen molar-refractivity contribution in [1.29, 1.82) is 0 Å². The number of anilines is 1. The molecule has 0 saturated carbocycles. The SMILES string of the molecule is CCOCC(NN)c1cnccc1N. The Morgan fingerprint density at radius 2 is 2.43 bits per heavy atom. The van der Waals surface area contributed by atoms with E-state index >= 15 is 0 Å². The molecule has 1 atom stereocenters. The third-order valence-electron chi connectivity index (χ3n) is 1.95. The van der Waals surface area contributed by atoms with Crippen molar-refractivity contribution >= 4 is 5.69 Å². The van der Waals surface area contributed by atoms with E-state index in [4.69, 9.17) is 16.3 Å². The van der Waals surface area contributed by atoms with Gasteiger partial charge in [0.15, 0.2) is 0 Å². The van der Waals surface area contributed by atoms with E-state index in [9.17, 15) is 0 Å². The molecule has 5 N–H and O–H groups in total. The van der Waals surface area contributed by atoms with Crippen molar-refractivity contribution in [3.05, 3.63) is 24.0 Å². The Labute approximate surface area is 83.4 Å². The Bertz CT molecular complexity index is 279. The fraction of sp³-hybridized carbons (Fsp3) is 0.444. The summed E-state index contributed by atoms with van der Waals surface area (Å²) in [5, 5.41) is 0. The Balaban J connectivity index is 2.73. The maximum atomic E-state index is 5.78. The zero-order chi connectivity index (χ0) is 10.4. The van der Waals surface area contributed by atoms with Gasteiger partial charge in [-0.15, -0.1) is 0 Å². The van der Waals surface area contributed by atoms with Crippen LogP contribution >= 0.6 is 0 Å². The quantitative estimate of drug-likeness (QED) is 0.463. The van der Waals surface area contributed by atoms with Gasteiger partial charge in [0.05, 0.1) is 12.6 Å². The lowest BCUT2D eigenvalue weighted by atomic mass is 10.1. The molecule has 14 heavy (non-hydrogen) atoms. The average Bonchev–Trinajstić information content (AvgIpc) is 2.21. The summed E-state index contributed by atoms with van der Waals surface area (Å²) in [4.78, 5) is 3.99. The van der Waals surface area contributed by atoms with Gasteiger partial charge < -0.3 is 10.5 Å². The summed E-state index contributed by atoms with van der Waals surface area (Å²) in [6.07, 6.45) is 3.34. The highest BCUT2D eigenvalue weighted by atomic mass is 16.5. The van der Waals surface area contributed by atoms with Crippen LogP contribution in [0.15, 0.2) is 18.5 Å². The Morgan fingerprint density at radius 1 is 1.64 bits per heavy atom. The molecule has 0 aromatic carbocycles. The molecular formula is C9H16N4O. The zero-order valence-corrected chi connectivity index (χ0v) is 8.23. The first kappa shape index (κ1) is 10.9. The molecule has 0 aliphatic rings. The van der Waals surface area contributed by atoms with Crippen LogP contribution in [0.1, 0.15) is 18.5 Å². The number of hydrogen-bond donors (Lipinski definition) is 3.